The normalized spacial score (nSPS) is 21.4. The molecule has 3 rings (SSSR count). The highest BCUT2D eigenvalue weighted by Crippen LogP contribution is 2.30. The van der Waals surface area contributed by atoms with Gasteiger partial charge in [-0.3, -0.25) is 0 Å². The second-order valence-electron chi connectivity index (χ2n) is 4.61. The second kappa shape index (κ2) is 3.91. The molecule has 1 aliphatic rings. The zero-order valence-corrected chi connectivity index (χ0v) is 9.61. The van der Waals surface area contributed by atoms with Gasteiger partial charge in [0.15, 0.2) is 0 Å². The van der Waals surface area contributed by atoms with Crippen LogP contribution in [-0.2, 0) is 7.05 Å². The van der Waals surface area contributed by atoms with E-state index in [1.54, 1.807) is 0 Å². The highest BCUT2D eigenvalue weighted by Gasteiger charge is 2.19. The van der Waals surface area contributed by atoms with E-state index in [2.05, 4.69) is 34.2 Å². The molecule has 1 unspecified atom stereocenters. The molecule has 0 radical (unpaired) electrons. The van der Waals surface area contributed by atoms with Crippen molar-refractivity contribution >= 4 is 11.0 Å². The van der Waals surface area contributed by atoms with Gasteiger partial charge in [-0.15, -0.1) is 0 Å². The van der Waals surface area contributed by atoms with Crippen LogP contribution in [0.5, 0.6) is 0 Å². The van der Waals surface area contributed by atoms with Gasteiger partial charge in [0.05, 0.1) is 0 Å². The molecule has 3 nitrogen and oxygen atoms in total. The zero-order valence-electron chi connectivity index (χ0n) is 9.61. The summed E-state index contributed by atoms with van der Waals surface area (Å²) >= 11 is 0. The summed E-state index contributed by atoms with van der Waals surface area (Å²) in [6.45, 7) is 2.27. The van der Waals surface area contributed by atoms with Crippen LogP contribution in [0.3, 0.4) is 0 Å². The lowest BCUT2D eigenvalue weighted by molar-refractivity contribution is 0.463. The summed E-state index contributed by atoms with van der Waals surface area (Å²) in [5.41, 5.74) is 2.56. The first-order valence-electron chi connectivity index (χ1n) is 5.97. The average molecular weight is 215 g/mol. The molecule has 1 N–H and O–H groups in total. The van der Waals surface area contributed by atoms with Crippen molar-refractivity contribution in [3.63, 3.8) is 0 Å². The van der Waals surface area contributed by atoms with Gasteiger partial charge in [0.2, 0.25) is 0 Å². The maximum absolute atomic E-state index is 4.44. The Morgan fingerprint density at radius 3 is 3.25 bits per heavy atom. The zero-order chi connectivity index (χ0) is 11.0. The van der Waals surface area contributed by atoms with Gasteiger partial charge in [0, 0.05) is 31.4 Å². The SMILES string of the molecule is Cn1cc(C2CCCNC2)c2cccnc21. The first kappa shape index (κ1) is 9.85. The van der Waals surface area contributed by atoms with Crippen LogP contribution in [-0.4, -0.2) is 22.6 Å². The summed E-state index contributed by atoms with van der Waals surface area (Å²) in [7, 11) is 2.08. The highest BCUT2D eigenvalue weighted by atomic mass is 15.0. The molecule has 0 bridgehead atoms. The van der Waals surface area contributed by atoms with Crippen LogP contribution in [0.4, 0.5) is 0 Å². The Bertz CT molecular complexity index is 495. The van der Waals surface area contributed by atoms with E-state index >= 15 is 0 Å². The molecule has 3 heterocycles. The van der Waals surface area contributed by atoms with Gasteiger partial charge in [-0.1, -0.05) is 0 Å². The van der Waals surface area contributed by atoms with E-state index in [1.165, 1.54) is 30.3 Å². The van der Waals surface area contributed by atoms with Gasteiger partial charge in [0.1, 0.15) is 5.65 Å². The molecule has 0 spiro atoms. The van der Waals surface area contributed by atoms with Crippen LogP contribution in [0.25, 0.3) is 11.0 Å². The Hall–Kier alpha value is -1.35. The van der Waals surface area contributed by atoms with E-state index in [4.69, 9.17) is 0 Å². The number of pyridine rings is 1. The molecule has 1 fully saturated rings. The fourth-order valence-electron chi connectivity index (χ4n) is 2.69. The molecule has 1 atom stereocenters. The van der Waals surface area contributed by atoms with Crippen molar-refractivity contribution in [1.29, 1.82) is 0 Å². The molecule has 1 saturated heterocycles. The molecular formula is C13H17N3. The molecular weight excluding hydrogens is 198 g/mol. The predicted octanol–water partition coefficient (Wildman–Crippen LogP) is 2.04. The first-order chi connectivity index (χ1) is 7.86. The fourth-order valence-corrected chi connectivity index (χ4v) is 2.69. The quantitative estimate of drug-likeness (QED) is 0.789. The largest absolute Gasteiger partial charge is 0.335 e. The van der Waals surface area contributed by atoms with Gasteiger partial charge in [-0.2, -0.15) is 0 Å². The summed E-state index contributed by atoms with van der Waals surface area (Å²) < 4.78 is 2.14. The molecule has 0 saturated carbocycles. The maximum Gasteiger partial charge on any atom is 0.139 e. The Balaban J connectivity index is 2.08. The van der Waals surface area contributed by atoms with Gasteiger partial charge in [-0.05, 0) is 43.0 Å². The van der Waals surface area contributed by atoms with Crippen LogP contribution < -0.4 is 5.32 Å². The number of nitrogens with zero attached hydrogens (tertiary/aromatic N) is 2. The number of aryl methyl sites for hydroxylation is 1. The first-order valence-corrected chi connectivity index (χ1v) is 5.97. The minimum absolute atomic E-state index is 0.654. The number of hydrogen-bond acceptors (Lipinski definition) is 2. The van der Waals surface area contributed by atoms with E-state index in [-0.39, 0.29) is 0 Å². The third-order valence-electron chi connectivity index (χ3n) is 3.50. The van der Waals surface area contributed by atoms with Crippen molar-refractivity contribution in [2.24, 2.45) is 7.05 Å². The second-order valence-corrected chi connectivity index (χ2v) is 4.61. The van der Waals surface area contributed by atoms with Crippen LogP contribution in [0.2, 0.25) is 0 Å². The molecule has 0 aliphatic carbocycles. The van der Waals surface area contributed by atoms with Crippen molar-refractivity contribution in [3.8, 4) is 0 Å². The van der Waals surface area contributed by atoms with E-state index in [9.17, 15) is 0 Å². The third kappa shape index (κ3) is 1.52. The lowest BCUT2D eigenvalue weighted by atomic mass is 9.92. The van der Waals surface area contributed by atoms with Gasteiger partial charge >= 0.3 is 0 Å². The number of piperidine rings is 1. The Labute approximate surface area is 95.5 Å². The summed E-state index contributed by atoms with van der Waals surface area (Å²) in [6.07, 6.45) is 6.68. The molecule has 2 aromatic rings. The number of nitrogens with one attached hydrogen (secondary N) is 1. The van der Waals surface area contributed by atoms with Crippen molar-refractivity contribution in [2.45, 2.75) is 18.8 Å². The Morgan fingerprint density at radius 1 is 1.50 bits per heavy atom. The van der Waals surface area contributed by atoms with Crippen molar-refractivity contribution < 1.29 is 0 Å². The topological polar surface area (TPSA) is 29.9 Å². The summed E-state index contributed by atoms with van der Waals surface area (Å²) in [6, 6.07) is 4.22. The lowest BCUT2D eigenvalue weighted by Gasteiger charge is -2.22. The average Bonchev–Trinajstić information content (AvgIpc) is 2.69. The Kier molecular flexibility index (Phi) is 2.40. The fraction of sp³-hybridized carbons (Fsp3) is 0.462. The number of aromatic nitrogens is 2. The van der Waals surface area contributed by atoms with Crippen LogP contribution in [0.15, 0.2) is 24.5 Å². The molecule has 0 aromatic carbocycles. The van der Waals surface area contributed by atoms with E-state index in [0.29, 0.717) is 5.92 Å². The minimum Gasteiger partial charge on any atom is -0.335 e. The van der Waals surface area contributed by atoms with E-state index in [0.717, 1.165) is 12.2 Å². The molecule has 3 heteroatoms. The Morgan fingerprint density at radius 2 is 2.44 bits per heavy atom. The molecule has 0 amide bonds. The number of rotatable bonds is 1. The molecule has 1 aliphatic heterocycles. The smallest absolute Gasteiger partial charge is 0.139 e. The van der Waals surface area contributed by atoms with Crippen molar-refractivity contribution in [1.82, 2.24) is 14.9 Å². The number of fused-ring (bicyclic) bond motifs is 1. The third-order valence-corrected chi connectivity index (χ3v) is 3.50. The number of hydrogen-bond donors (Lipinski definition) is 1. The minimum atomic E-state index is 0.654. The van der Waals surface area contributed by atoms with Crippen molar-refractivity contribution in [2.75, 3.05) is 13.1 Å². The standard InChI is InChI=1S/C13H17N3/c1-16-9-12(10-4-2-6-14-8-10)11-5-3-7-15-13(11)16/h3,5,7,9-10,14H,2,4,6,8H2,1H3. The van der Waals surface area contributed by atoms with Crippen LogP contribution >= 0.6 is 0 Å². The van der Waals surface area contributed by atoms with Crippen LogP contribution in [0, 0.1) is 0 Å². The summed E-state index contributed by atoms with van der Waals surface area (Å²) in [4.78, 5) is 4.44. The van der Waals surface area contributed by atoms with Crippen molar-refractivity contribution in [3.05, 3.63) is 30.1 Å². The molecule has 2 aromatic heterocycles. The van der Waals surface area contributed by atoms with Crippen LogP contribution in [0.1, 0.15) is 24.3 Å². The van der Waals surface area contributed by atoms with E-state index in [1.807, 2.05) is 12.3 Å². The molecule has 84 valence electrons. The highest BCUT2D eigenvalue weighted by molar-refractivity contribution is 5.81. The maximum atomic E-state index is 4.44. The summed E-state index contributed by atoms with van der Waals surface area (Å²) in [5, 5.41) is 4.80. The van der Waals surface area contributed by atoms with E-state index < -0.39 is 0 Å². The monoisotopic (exact) mass is 215 g/mol. The summed E-state index contributed by atoms with van der Waals surface area (Å²) in [5.74, 6) is 0.654. The van der Waals surface area contributed by atoms with Gasteiger partial charge in [-0.25, -0.2) is 4.98 Å². The van der Waals surface area contributed by atoms with Gasteiger partial charge in [0.25, 0.3) is 0 Å². The molecule has 16 heavy (non-hydrogen) atoms. The lowest BCUT2D eigenvalue weighted by Crippen LogP contribution is -2.28. The predicted molar refractivity (Wildman–Crippen MR) is 65.6 cm³/mol. The van der Waals surface area contributed by atoms with Gasteiger partial charge < -0.3 is 9.88 Å².